The number of aromatic nitrogens is 1. The fourth-order valence-corrected chi connectivity index (χ4v) is 7.37. The van der Waals surface area contributed by atoms with Crippen molar-refractivity contribution in [2.75, 3.05) is 0 Å². The Bertz CT molecular complexity index is 1790. The average Bonchev–Trinajstić information content (AvgIpc) is 3.19. The van der Waals surface area contributed by atoms with Crippen molar-refractivity contribution in [2.24, 2.45) is 4.99 Å². The minimum atomic E-state index is -0.436. The highest BCUT2D eigenvalue weighted by Crippen LogP contribution is 2.41. The summed E-state index contributed by atoms with van der Waals surface area (Å²) in [6, 6.07) is 21.9. The maximum Gasteiger partial charge on any atom is 0.308 e. The van der Waals surface area contributed by atoms with Gasteiger partial charge in [-0.15, -0.1) is 0 Å². The van der Waals surface area contributed by atoms with Gasteiger partial charge in [0.15, 0.2) is 10.6 Å². The van der Waals surface area contributed by atoms with Gasteiger partial charge in [-0.3, -0.25) is 14.2 Å². The second-order valence-corrected chi connectivity index (χ2v) is 11.7. The van der Waals surface area contributed by atoms with Gasteiger partial charge in [-0.05, 0) is 63.7 Å². The maximum absolute atomic E-state index is 14.0. The average molecular weight is 636 g/mol. The van der Waals surface area contributed by atoms with Crippen molar-refractivity contribution in [3.63, 3.8) is 0 Å². The lowest BCUT2D eigenvalue weighted by molar-refractivity contribution is -0.131. The van der Waals surface area contributed by atoms with Crippen LogP contribution in [0, 0.1) is 0 Å². The van der Waals surface area contributed by atoms with Crippen LogP contribution in [0.4, 0.5) is 0 Å². The van der Waals surface area contributed by atoms with E-state index in [0.29, 0.717) is 25.1 Å². The molecular weight excluding hydrogens is 616 g/mol. The summed E-state index contributed by atoms with van der Waals surface area (Å²) in [5, 5.41) is 0. The number of nitrogens with zero attached hydrogens (tertiary/aromatic N) is 2. The normalized spacial score (nSPS) is 16.5. The van der Waals surface area contributed by atoms with Crippen molar-refractivity contribution in [2.45, 2.75) is 25.8 Å². The molecule has 0 unspecified atom stereocenters. The Morgan fingerprint density at radius 2 is 1.84 bits per heavy atom. The molecule has 1 aliphatic heterocycles. The molecule has 0 fully saturated rings. The van der Waals surface area contributed by atoms with Gasteiger partial charge in [-0.2, -0.15) is 0 Å². The van der Waals surface area contributed by atoms with E-state index in [4.69, 9.17) is 9.73 Å². The standard InChI is InChI=1S/C29H20Br2N2O3S/c1-16(34)36-27-19(13-20(30)15-23(27)31)14-24-28(35)33-26(18-8-3-2-4-9-18)22-12-11-17-7-5-6-10-21(17)25(22)32-29(33)37-24/h2-10,13-15,26H,11-12H2,1H3/b24-14+/t26-/m0/s1. The van der Waals surface area contributed by atoms with Crippen LogP contribution in [0.1, 0.15) is 41.6 Å². The van der Waals surface area contributed by atoms with Crippen LogP contribution in [-0.2, 0) is 11.2 Å². The number of halogens is 2. The largest absolute Gasteiger partial charge is 0.425 e. The Morgan fingerprint density at radius 3 is 2.62 bits per heavy atom. The fourth-order valence-electron chi connectivity index (χ4n) is 5.04. The lowest BCUT2D eigenvalue weighted by atomic mass is 9.83. The zero-order valence-electron chi connectivity index (χ0n) is 19.7. The van der Waals surface area contributed by atoms with Gasteiger partial charge >= 0.3 is 5.97 Å². The molecule has 1 aliphatic carbocycles. The second-order valence-electron chi connectivity index (χ2n) is 8.92. The highest BCUT2D eigenvalue weighted by atomic mass is 79.9. The summed E-state index contributed by atoms with van der Waals surface area (Å²) < 4.78 is 9.23. The van der Waals surface area contributed by atoms with Crippen molar-refractivity contribution < 1.29 is 9.53 Å². The lowest BCUT2D eigenvalue weighted by Crippen LogP contribution is -2.38. The Morgan fingerprint density at radius 1 is 1.08 bits per heavy atom. The summed E-state index contributed by atoms with van der Waals surface area (Å²) in [6.07, 6.45) is 3.53. The van der Waals surface area contributed by atoms with E-state index in [9.17, 15) is 9.59 Å². The molecule has 0 bridgehead atoms. The second kappa shape index (κ2) is 9.67. The summed E-state index contributed by atoms with van der Waals surface area (Å²) in [5.74, 6) is -0.0658. The number of carbonyl (C=O) groups is 1. The first kappa shape index (κ1) is 24.3. The summed E-state index contributed by atoms with van der Waals surface area (Å²) in [5.41, 5.74) is 6.10. The Labute approximate surface area is 233 Å². The van der Waals surface area contributed by atoms with Crippen molar-refractivity contribution >= 4 is 60.9 Å². The van der Waals surface area contributed by atoms with Crippen LogP contribution < -0.4 is 19.6 Å². The molecule has 4 aromatic rings. The zero-order chi connectivity index (χ0) is 25.7. The first-order chi connectivity index (χ1) is 17.9. The number of thiazole rings is 1. The molecule has 0 amide bonds. The van der Waals surface area contributed by atoms with Gasteiger partial charge in [0.2, 0.25) is 0 Å². The summed E-state index contributed by atoms with van der Waals surface area (Å²) in [4.78, 5) is 31.4. The first-order valence-electron chi connectivity index (χ1n) is 11.8. The molecule has 0 spiro atoms. The third-order valence-electron chi connectivity index (χ3n) is 6.56. The predicted molar refractivity (Wildman–Crippen MR) is 152 cm³/mol. The van der Waals surface area contributed by atoms with Crippen LogP contribution in [-0.4, -0.2) is 10.5 Å². The fraction of sp³-hybridized carbons (Fsp3) is 0.138. The van der Waals surface area contributed by atoms with Crippen molar-refractivity contribution in [1.82, 2.24) is 4.57 Å². The van der Waals surface area contributed by atoms with E-state index in [1.165, 1.54) is 23.8 Å². The molecule has 0 saturated carbocycles. The summed E-state index contributed by atoms with van der Waals surface area (Å²) in [7, 11) is 0. The molecule has 3 aromatic carbocycles. The van der Waals surface area contributed by atoms with E-state index >= 15 is 0 Å². The van der Waals surface area contributed by atoms with Crippen molar-refractivity contribution in [3.05, 3.63) is 123 Å². The number of aryl methyl sites for hydroxylation is 1. The van der Waals surface area contributed by atoms with Crippen LogP contribution in [0.5, 0.6) is 5.75 Å². The third kappa shape index (κ3) is 4.37. The molecule has 0 N–H and O–H groups in total. The van der Waals surface area contributed by atoms with Gasteiger partial charge in [0.05, 0.1) is 20.7 Å². The molecule has 2 aliphatic rings. The number of esters is 1. The number of fused-ring (bicyclic) bond motifs is 3. The van der Waals surface area contributed by atoms with Gasteiger partial charge < -0.3 is 4.74 Å². The van der Waals surface area contributed by atoms with Gasteiger partial charge in [0.1, 0.15) is 0 Å². The van der Waals surface area contributed by atoms with Gasteiger partial charge in [-0.1, -0.05) is 81.9 Å². The Hall–Kier alpha value is -3.07. The SMILES string of the molecule is CC(=O)Oc1c(Br)cc(Br)cc1/C=c1/sc2n(c1=O)[C@@H](c1ccccc1)C1=C(N=2)c2ccccc2CC1. The molecule has 0 saturated heterocycles. The predicted octanol–water partition coefficient (Wildman–Crippen LogP) is 5.77. The lowest BCUT2D eigenvalue weighted by Gasteiger charge is -2.30. The summed E-state index contributed by atoms with van der Waals surface area (Å²) in [6.45, 7) is 1.36. The minimum absolute atomic E-state index is 0.118. The molecule has 2 heterocycles. The highest BCUT2D eigenvalue weighted by Gasteiger charge is 2.32. The summed E-state index contributed by atoms with van der Waals surface area (Å²) >= 11 is 8.33. The van der Waals surface area contributed by atoms with Crippen molar-refractivity contribution in [3.8, 4) is 5.75 Å². The molecule has 1 aromatic heterocycles. The molecule has 8 heteroatoms. The maximum atomic E-state index is 14.0. The number of carbonyl (C=O) groups excluding carboxylic acids is 1. The first-order valence-corrected chi connectivity index (χ1v) is 14.2. The topological polar surface area (TPSA) is 60.7 Å². The zero-order valence-corrected chi connectivity index (χ0v) is 23.7. The molecule has 0 radical (unpaired) electrons. The minimum Gasteiger partial charge on any atom is -0.425 e. The van der Waals surface area contributed by atoms with Crippen molar-refractivity contribution in [1.29, 1.82) is 0 Å². The van der Waals surface area contributed by atoms with Crippen LogP contribution in [0.2, 0.25) is 0 Å². The van der Waals surface area contributed by atoms with E-state index < -0.39 is 5.97 Å². The Balaban J connectivity index is 1.62. The number of ether oxygens (including phenoxy) is 1. The highest BCUT2D eigenvalue weighted by molar-refractivity contribution is 9.11. The smallest absolute Gasteiger partial charge is 0.308 e. The van der Waals surface area contributed by atoms with Gasteiger partial charge in [0, 0.05) is 22.5 Å². The molecule has 184 valence electrons. The number of hydrogen-bond donors (Lipinski definition) is 0. The van der Waals surface area contributed by atoms with E-state index in [1.54, 1.807) is 12.1 Å². The molecular formula is C29H20Br2N2O3S. The molecule has 37 heavy (non-hydrogen) atoms. The number of hydrogen-bond acceptors (Lipinski definition) is 5. The quantitative estimate of drug-likeness (QED) is 0.212. The Kier molecular flexibility index (Phi) is 6.34. The van der Waals surface area contributed by atoms with Crippen LogP contribution >= 0.6 is 43.2 Å². The molecule has 1 atom stereocenters. The third-order valence-corrected chi connectivity index (χ3v) is 8.59. The van der Waals surface area contributed by atoms with Gasteiger partial charge in [0.25, 0.3) is 5.56 Å². The van der Waals surface area contributed by atoms with E-state index in [-0.39, 0.29) is 11.6 Å². The van der Waals surface area contributed by atoms with Gasteiger partial charge in [-0.25, -0.2) is 4.99 Å². The monoisotopic (exact) mass is 634 g/mol. The van der Waals surface area contributed by atoms with Crippen LogP contribution in [0.25, 0.3) is 11.8 Å². The number of allylic oxidation sites excluding steroid dienone is 1. The van der Waals surface area contributed by atoms with E-state index in [1.807, 2.05) is 34.9 Å². The number of rotatable bonds is 3. The van der Waals surface area contributed by atoms with Crippen LogP contribution in [0.3, 0.4) is 0 Å². The number of benzene rings is 3. The van der Waals surface area contributed by atoms with E-state index in [2.05, 4.69) is 62.2 Å². The molecule has 6 rings (SSSR count). The van der Waals surface area contributed by atoms with E-state index in [0.717, 1.165) is 39.7 Å². The van der Waals surface area contributed by atoms with Crippen LogP contribution in [0.15, 0.2) is 91.0 Å². The molecule has 5 nitrogen and oxygen atoms in total.